The van der Waals surface area contributed by atoms with E-state index in [1.807, 2.05) is 0 Å². The molecule has 1 unspecified atom stereocenters. The quantitative estimate of drug-likeness (QED) is 0.712. The predicted octanol–water partition coefficient (Wildman–Crippen LogP) is 2.52. The van der Waals surface area contributed by atoms with Crippen LogP contribution in [0.2, 0.25) is 0 Å². The average Bonchev–Trinajstić information content (AvgIpc) is 2.39. The fourth-order valence-electron chi connectivity index (χ4n) is 2.13. The number of hydrogen-bond acceptors (Lipinski definition) is 1. The monoisotopic (exact) mass is 212 g/mol. The molecule has 3 rings (SSSR count). The second-order valence-electron chi connectivity index (χ2n) is 4.10. The fourth-order valence-corrected chi connectivity index (χ4v) is 2.13. The molecule has 81 valence electrons. The van der Waals surface area contributed by atoms with Crippen LogP contribution >= 0.6 is 0 Å². The summed E-state index contributed by atoms with van der Waals surface area (Å²) in [7, 11) is 0. The van der Waals surface area contributed by atoms with E-state index in [1.54, 1.807) is 0 Å². The van der Waals surface area contributed by atoms with E-state index in [-0.39, 0.29) is 6.10 Å². The molecule has 1 fully saturated rings. The van der Waals surface area contributed by atoms with Crippen LogP contribution in [0.25, 0.3) is 10.8 Å². The maximum absolute atomic E-state index is 5.72. The van der Waals surface area contributed by atoms with Gasteiger partial charge in [-0.3, -0.25) is 0 Å². The van der Waals surface area contributed by atoms with E-state index in [9.17, 15) is 0 Å². The third-order valence-electron chi connectivity index (χ3n) is 3.01. The highest BCUT2D eigenvalue weighted by Gasteiger charge is 2.16. The smallest absolute Gasteiger partial charge is 0.0966 e. The van der Waals surface area contributed by atoms with E-state index in [0.717, 1.165) is 19.7 Å². The van der Waals surface area contributed by atoms with Crippen molar-refractivity contribution in [2.75, 3.05) is 19.7 Å². The summed E-state index contributed by atoms with van der Waals surface area (Å²) < 4.78 is 5.72. The minimum atomic E-state index is 0.151. The fraction of sp³-hybridized carbons (Fsp3) is 0.286. The Balaban J connectivity index is 1.97. The zero-order chi connectivity index (χ0) is 10.8. The summed E-state index contributed by atoms with van der Waals surface area (Å²) in [6, 6.07) is 14.9. The van der Waals surface area contributed by atoms with Crippen LogP contribution in [-0.2, 0) is 4.74 Å². The van der Waals surface area contributed by atoms with Gasteiger partial charge in [-0.05, 0) is 22.4 Å². The lowest BCUT2D eigenvalue weighted by molar-refractivity contribution is 0.0261. The van der Waals surface area contributed by atoms with Crippen LogP contribution in [0.4, 0.5) is 0 Å². The molecule has 1 radical (unpaired) electrons. The van der Waals surface area contributed by atoms with Gasteiger partial charge in [0, 0.05) is 13.1 Å². The molecule has 16 heavy (non-hydrogen) atoms. The van der Waals surface area contributed by atoms with Crippen LogP contribution in [-0.4, -0.2) is 19.7 Å². The topological polar surface area (TPSA) is 23.3 Å². The maximum atomic E-state index is 5.72. The van der Waals surface area contributed by atoms with Gasteiger partial charge in [-0.25, -0.2) is 5.32 Å². The zero-order valence-electron chi connectivity index (χ0n) is 9.10. The third-order valence-corrected chi connectivity index (χ3v) is 3.01. The lowest BCUT2D eigenvalue weighted by Crippen LogP contribution is -2.28. The van der Waals surface area contributed by atoms with Gasteiger partial charge in [0.1, 0.15) is 0 Å². The van der Waals surface area contributed by atoms with Gasteiger partial charge in [-0.2, -0.15) is 0 Å². The highest BCUT2D eigenvalue weighted by atomic mass is 16.5. The second-order valence-corrected chi connectivity index (χ2v) is 4.10. The van der Waals surface area contributed by atoms with Gasteiger partial charge in [0.25, 0.3) is 0 Å². The van der Waals surface area contributed by atoms with Crippen molar-refractivity contribution in [3.05, 3.63) is 48.0 Å². The molecule has 0 bridgehead atoms. The second kappa shape index (κ2) is 4.24. The number of fused-ring (bicyclic) bond motifs is 1. The highest BCUT2D eigenvalue weighted by Crippen LogP contribution is 2.23. The lowest BCUT2D eigenvalue weighted by Gasteiger charge is -2.23. The first-order valence-corrected chi connectivity index (χ1v) is 5.67. The first-order valence-electron chi connectivity index (χ1n) is 5.67. The Morgan fingerprint density at radius 2 is 1.94 bits per heavy atom. The molecular formula is C14H14NO. The number of hydrogen-bond donors (Lipinski definition) is 0. The lowest BCUT2D eigenvalue weighted by atomic mass is 10.0. The van der Waals surface area contributed by atoms with Gasteiger partial charge in [0.15, 0.2) is 0 Å². The van der Waals surface area contributed by atoms with Crippen LogP contribution < -0.4 is 5.32 Å². The van der Waals surface area contributed by atoms with Crippen molar-refractivity contribution in [1.29, 1.82) is 0 Å². The summed E-state index contributed by atoms with van der Waals surface area (Å²) in [6.45, 7) is 2.37. The minimum absolute atomic E-state index is 0.151. The molecule has 1 heterocycles. The number of morpholine rings is 1. The van der Waals surface area contributed by atoms with Crippen molar-refractivity contribution >= 4 is 10.8 Å². The Bertz CT molecular complexity index is 489. The molecule has 1 aliphatic rings. The van der Waals surface area contributed by atoms with E-state index in [1.165, 1.54) is 16.3 Å². The first kappa shape index (κ1) is 9.82. The van der Waals surface area contributed by atoms with E-state index in [2.05, 4.69) is 47.8 Å². The Morgan fingerprint density at radius 1 is 1.06 bits per heavy atom. The van der Waals surface area contributed by atoms with Crippen molar-refractivity contribution in [2.24, 2.45) is 0 Å². The molecule has 0 saturated carbocycles. The summed E-state index contributed by atoms with van der Waals surface area (Å²) in [4.78, 5) is 0. The molecule has 0 N–H and O–H groups in total. The van der Waals surface area contributed by atoms with Crippen molar-refractivity contribution in [3.8, 4) is 0 Å². The van der Waals surface area contributed by atoms with E-state index in [4.69, 9.17) is 4.74 Å². The molecule has 0 amide bonds. The van der Waals surface area contributed by atoms with Gasteiger partial charge < -0.3 is 4.74 Å². The predicted molar refractivity (Wildman–Crippen MR) is 64.5 cm³/mol. The number of benzene rings is 2. The Morgan fingerprint density at radius 3 is 2.75 bits per heavy atom. The molecular weight excluding hydrogens is 198 g/mol. The SMILES string of the molecule is c1ccc2cc(C3C[N]CCO3)ccc2c1. The van der Waals surface area contributed by atoms with E-state index in [0.29, 0.717) is 0 Å². The molecule has 1 atom stereocenters. The van der Waals surface area contributed by atoms with Crippen LogP contribution in [0.3, 0.4) is 0 Å². The van der Waals surface area contributed by atoms with Crippen molar-refractivity contribution in [1.82, 2.24) is 5.32 Å². The average molecular weight is 212 g/mol. The third kappa shape index (κ3) is 1.82. The van der Waals surface area contributed by atoms with Crippen LogP contribution in [0.1, 0.15) is 11.7 Å². The molecule has 0 aliphatic carbocycles. The largest absolute Gasteiger partial charge is 0.371 e. The summed E-state index contributed by atoms with van der Waals surface area (Å²) in [5.41, 5.74) is 1.24. The Labute approximate surface area is 95.2 Å². The Hall–Kier alpha value is -1.38. The van der Waals surface area contributed by atoms with Gasteiger partial charge in [-0.1, -0.05) is 36.4 Å². The number of ether oxygens (including phenoxy) is 1. The highest BCUT2D eigenvalue weighted by molar-refractivity contribution is 5.83. The standard InChI is InChI=1S/C14H14NO/c1-2-4-12-9-13(6-5-11(12)3-1)14-10-15-7-8-16-14/h1-6,9,14H,7-8,10H2. The van der Waals surface area contributed by atoms with Gasteiger partial charge >= 0.3 is 0 Å². The molecule has 1 saturated heterocycles. The summed E-state index contributed by atoms with van der Waals surface area (Å²) in [5, 5.41) is 6.94. The molecule has 0 spiro atoms. The normalized spacial score (nSPS) is 21.1. The van der Waals surface area contributed by atoms with Crippen LogP contribution in [0.15, 0.2) is 42.5 Å². The van der Waals surface area contributed by atoms with Gasteiger partial charge in [0.2, 0.25) is 0 Å². The molecule has 2 heteroatoms. The first-order chi connectivity index (χ1) is 7.93. The number of rotatable bonds is 1. The molecule has 1 aliphatic heterocycles. The van der Waals surface area contributed by atoms with Crippen molar-refractivity contribution in [2.45, 2.75) is 6.10 Å². The van der Waals surface area contributed by atoms with Crippen LogP contribution in [0, 0.1) is 0 Å². The van der Waals surface area contributed by atoms with E-state index < -0.39 is 0 Å². The summed E-state index contributed by atoms with van der Waals surface area (Å²) >= 11 is 0. The Kier molecular flexibility index (Phi) is 2.60. The van der Waals surface area contributed by atoms with Crippen LogP contribution in [0.5, 0.6) is 0 Å². The van der Waals surface area contributed by atoms with Crippen molar-refractivity contribution in [3.63, 3.8) is 0 Å². The zero-order valence-corrected chi connectivity index (χ0v) is 9.10. The minimum Gasteiger partial charge on any atom is -0.371 e. The summed E-state index contributed by atoms with van der Waals surface area (Å²) in [5.74, 6) is 0. The molecule has 2 nitrogen and oxygen atoms in total. The summed E-state index contributed by atoms with van der Waals surface area (Å²) in [6.07, 6.45) is 0.151. The number of nitrogens with zero attached hydrogens (tertiary/aromatic N) is 1. The van der Waals surface area contributed by atoms with Gasteiger partial charge in [0.05, 0.1) is 12.7 Å². The molecule has 2 aromatic rings. The molecule has 0 aromatic heterocycles. The maximum Gasteiger partial charge on any atom is 0.0966 e. The van der Waals surface area contributed by atoms with E-state index >= 15 is 0 Å². The molecule has 2 aromatic carbocycles. The van der Waals surface area contributed by atoms with Gasteiger partial charge in [-0.15, -0.1) is 0 Å². The van der Waals surface area contributed by atoms with Crippen molar-refractivity contribution < 1.29 is 4.74 Å².